The molecule has 0 radical (unpaired) electrons. The number of aromatic nitrogens is 2. The smallest absolute Gasteiger partial charge is 0.230 e. The highest BCUT2D eigenvalue weighted by molar-refractivity contribution is 7.92. The van der Waals surface area contributed by atoms with E-state index in [9.17, 15) is 8.42 Å². The third kappa shape index (κ3) is 1.91. The maximum Gasteiger partial charge on any atom is 0.230 e. The van der Waals surface area contributed by atoms with Crippen molar-refractivity contribution in [2.24, 2.45) is 0 Å². The number of fused-ring (bicyclic) bond motifs is 3. The molecular formula is C12H11N3O2S. The van der Waals surface area contributed by atoms with Crippen molar-refractivity contribution < 1.29 is 8.42 Å². The van der Waals surface area contributed by atoms with Gasteiger partial charge in [0.1, 0.15) is 5.82 Å². The maximum atomic E-state index is 11.2. The van der Waals surface area contributed by atoms with Crippen molar-refractivity contribution in [1.29, 1.82) is 0 Å². The van der Waals surface area contributed by atoms with Crippen LogP contribution in [0.25, 0.3) is 21.8 Å². The number of benzene rings is 1. The van der Waals surface area contributed by atoms with Gasteiger partial charge in [0.25, 0.3) is 0 Å². The molecule has 0 atom stereocenters. The van der Waals surface area contributed by atoms with Crippen LogP contribution in [-0.4, -0.2) is 24.6 Å². The van der Waals surface area contributed by atoms with Crippen LogP contribution in [0.5, 0.6) is 0 Å². The van der Waals surface area contributed by atoms with Crippen molar-refractivity contribution in [2.45, 2.75) is 0 Å². The highest BCUT2D eigenvalue weighted by Gasteiger charge is 2.07. The van der Waals surface area contributed by atoms with Gasteiger partial charge in [0.2, 0.25) is 10.0 Å². The zero-order valence-electron chi connectivity index (χ0n) is 9.64. The summed E-state index contributed by atoms with van der Waals surface area (Å²) in [5.41, 5.74) is 1.89. The lowest BCUT2D eigenvalue weighted by Gasteiger charge is -2.02. The molecule has 3 aromatic rings. The van der Waals surface area contributed by atoms with Gasteiger partial charge in [0, 0.05) is 16.3 Å². The van der Waals surface area contributed by atoms with E-state index in [0.717, 1.165) is 28.1 Å². The molecule has 0 aliphatic carbocycles. The van der Waals surface area contributed by atoms with E-state index >= 15 is 0 Å². The summed E-state index contributed by atoms with van der Waals surface area (Å²) >= 11 is 0. The number of rotatable bonds is 2. The van der Waals surface area contributed by atoms with Gasteiger partial charge in [-0.15, -0.1) is 0 Å². The van der Waals surface area contributed by atoms with Gasteiger partial charge in [-0.1, -0.05) is 18.2 Å². The second-order valence-electron chi connectivity index (χ2n) is 4.16. The number of pyridine rings is 1. The van der Waals surface area contributed by atoms with Gasteiger partial charge < -0.3 is 4.98 Å². The molecule has 0 bridgehead atoms. The Labute approximate surface area is 104 Å². The largest absolute Gasteiger partial charge is 0.353 e. The minimum absolute atomic E-state index is 0.328. The van der Waals surface area contributed by atoms with Crippen molar-refractivity contribution in [3.63, 3.8) is 0 Å². The number of aromatic amines is 1. The zero-order valence-corrected chi connectivity index (χ0v) is 10.5. The molecular weight excluding hydrogens is 250 g/mol. The van der Waals surface area contributed by atoms with Crippen molar-refractivity contribution in [3.8, 4) is 0 Å². The maximum absolute atomic E-state index is 11.2. The van der Waals surface area contributed by atoms with E-state index in [-0.39, 0.29) is 0 Å². The van der Waals surface area contributed by atoms with E-state index in [2.05, 4.69) is 14.7 Å². The fourth-order valence-electron chi connectivity index (χ4n) is 2.00. The summed E-state index contributed by atoms with van der Waals surface area (Å²) in [6, 6.07) is 9.58. The Morgan fingerprint density at radius 2 is 1.94 bits per heavy atom. The first-order valence-corrected chi connectivity index (χ1v) is 7.26. The number of hydrogen-bond acceptors (Lipinski definition) is 3. The molecule has 6 heteroatoms. The molecule has 5 nitrogen and oxygen atoms in total. The van der Waals surface area contributed by atoms with E-state index in [1.165, 1.54) is 0 Å². The van der Waals surface area contributed by atoms with Crippen molar-refractivity contribution >= 4 is 37.6 Å². The third-order valence-corrected chi connectivity index (χ3v) is 3.26. The first kappa shape index (κ1) is 11.0. The molecule has 1 aromatic carbocycles. The Bertz CT molecular complexity index is 837. The molecule has 3 rings (SSSR count). The molecule has 0 aliphatic rings. The number of para-hydroxylation sites is 1. The van der Waals surface area contributed by atoms with Crippen LogP contribution < -0.4 is 4.72 Å². The van der Waals surface area contributed by atoms with Gasteiger partial charge >= 0.3 is 0 Å². The summed E-state index contributed by atoms with van der Waals surface area (Å²) in [4.78, 5) is 7.29. The van der Waals surface area contributed by atoms with Crippen LogP contribution in [0.2, 0.25) is 0 Å². The Morgan fingerprint density at radius 3 is 2.72 bits per heavy atom. The lowest BCUT2D eigenvalue weighted by atomic mass is 10.2. The number of nitrogens with zero attached hydrogens (tertiary/aromatic N) is 1. The fraction of sp³-hybridized carbons (Fsp3) is 0.0833. The lowest BCUT2D eigenvalue weighted by molar-refractivity contribution is 0.606. The highest BCUT2D eigenvalue weighted by atomic mass is 32.2. The summed E-state index contributed by atoms with van der Waals surface area (Å²) in [5, 5.41) is 2.00. The zero-order chi connectivity index (χ0) is 12.8. The van der Waals surface area contributed by atoms with Gasteiger partial charge in [-0.05, 0) is 12.1 Å². The van der Waals surface area contributed by atoms with E-state index in [4.69, 9.17) is 0 Å². The van der Waals surface area contributed by atoms with E-state index in [0.29, 0.717) is 5.82 Å². The van der Waals surface area contributed by atoms with Gasteiger partial charge in [-0.25, -0.2) is 13.4 Å². The number of hydrogen-bond donors (Lipinski definition) is 2. The van der Waals surface area contributed by atoms with Crippen molar-refractivity contribution in [3.05, 3.63) is 36.5 Å². The highest BCUT2D eigenvalue weighted by Crippen LogP contribution is 2.26. The molecule has 0 amide bonds. The fourth-order valence-corrected chi connectivity index (χ4v) is 2.49. The SMILES string of the molecule is CS(=O)(=O)Nc1cc2c(cn1)[nH]c1ccccc12. The van der Waals surface area contributed by atoms with Crippen molar-refractivity contribution in [2.75, 3.05) is 11.0 Å². The molecule has 0 unspecified atom stereocenters. The minimum atomic E-state index is -3.30. The van der Waals surface area contributed by atoms with E-state index in [1.54, 1.807) is 12.3 Å². The molecule has 18 heavy (non-hydrogen) atoms. The Morgan fingerprint density at radius 1 is 1.17 bits per heavy atom. The van der Waals surface area contributed by atoms with E-state index < -0.39 is 10.0 Å². The molecule has 0 spiro atoms. The average Bonchev–Trinajstić information content (AvgIpc) is 2.65. The van der Waals surface area contributed by atoms with Gasteiger partial charge in [-0.2, -0.15) is 0 Å². The van der Waals surface area contributed by atoms with Crippen LogP contribution in [0.4, 0.5) is 5.82 Å². The number of H-pyrrole nitrogens is 1. The quantitative estimate of drug-likeness (QED) is 0.741. The topological polar surface area (TPSA) is 74.8 Å². The summed E-state index contributed by atoms with van der Waals surface area (Å²) in [5.74, 6) is 0.328. The molecule has 92 valence electrons. The Kier molecular flexibility index (Phi) is 2.27. The minimum Gasteiger partial charge on any atom is -0.353 e. The predicted octanol–water partition coefficient (Wildman–Crippen LogP) is 2.09. The van der Waals surface area contributed by atoms with Crippen molar-refractivity contribution in [1.82, 2.24) is 9.97 Å². The molecule has 2 aromatic heterocycles. The molecule has 0 saturated carbocycles. The summed E-state index contributed by atoms with van der Waals surface area (Å²) in [6.45, 7) is 0. The van der Waals surface area contributed by atoms with Crippen LogP contribution in [0.3, 0.4) is 0 Å². The second kappa shape index (κ2) is 3.71. The molecule has 0 fully saturated rings. The first-order valence-electron chi connectivity index (χ1n) is 5.37. The van der Waals surface area contributed by atoms with Gasteiger partial charge in [-0.3, -0.25) is 4.72 Å². The Balaban J connectivity index is 2.24. The summed E-state index contributed by atoms with van der Waals surface area (Å²) in [6.07, 6.45) is 2.73. The van der Waals surface area contributed by atoms with Crippen LogP contribution >= 0.6 is 0 Å². The van der Waals surface area contributed by atoms with Gasteiger partial charge in [0.05, 0.1) is 18.0 Å². The molecule has 2 N–H and O–H groups in total. The average molecular weight is 261 g/mol. The third-order valence-electron chi connectivity index (χ3n) is 2.68. The Hall–Kier alpha value is -2.08. The van der Waals surface area contributed by atoms with Crippen LogP contribution in [0.1, 0.15) is 0 Å². The first-order chi connectivity index (χ1) is 8.53. The van der Waals surface area contributed by atoms with Crippen LogP contribution in [0, 0.1) is 0 Å². The normalized spacial score (nSPS) is 12.1. The summed E-state index contributed by atoms with van der Waals surface area (Å²) < 4.78 is 24.7. The molecule has 0 aliphatic heterocycles. The molecule has 0 saturated heterocycles. The standard InChI is InChI=1S/C12H11N3O2S/c1-18(16,17)15-12-6-9-8-4-2-3-5-10(8)14-11(9)7-13-12/h2-7,14H,1H3,(H,13,15). The molecule has 2 heterocycles. The number of sulfonamides is 1. The second-order valence-corrected chi connectivity index (χ2v) is 5.91. The summed E-state index contributed by atoms with van der Waals surface area (Å²) in [7, 11) is -3.30. The van der Waals surface area contributed by atoms with Gasteiger partial charge in [0.15, 0.2) is 0 Å². The lowest BCUT2D eigenvalue weighted by Crippen LogP contribution is -2.10. The van der Waals surface area contributed by atoms with Crippen LogP contribution in [-0.2, 0) is 10.0 Å². The van der Waals surface area contributed by atoms with E-state index in [1.807, 2.05) is 24.3 Å². The monoisotopic (exact) mass is 261 g/mol. The van der Waals surface area contributed by atoms with Crippen LogP contribution in [0.15, 0.2) is 36.5 Å². The number of anilines is 1. The number of nitrogens with one attached hydrogen (secondary N) is 2. The predicted molar refractivity (Wildman–Crippen MR) is 72.1 cm³/mol.